The number of methoxy groups -OCH3 is 1. The summed E-state index contributed by atoms with van der Waals surface area (Å²) in [7, 11) is 1.49. The Morgan fingerprint density at radius 3 is 2.30 bits per heavy atom. The van der Waals surface area contributed by atoms with Crippen LogP contribution < -0.4 is 19.7 Å². The molecule has 3 rings (SSSR count). The number of benzene rings is 2. The first-order valence-corrected chi connectivity index (χ1v) is 12.5. The Kier molecular flexibility index (Phi) is 7.97. The molecule has 2 aromatic rings. The van der Waals surface area contributed by atoms with Crippen LogP contribution in [-0.4, -0.2) is 41.6 Å². The van der Waals surface area contributed by atoms with Crippen LogP contribution in [0.25, 0.3) is 0 Å². The first-order chi connectivity index (χ1) is 15.6. The highest BCUT2D eigenvalue weighted by atomic mass is 32.2. The molecule has 1 fully saturated rings. The van der Waals surface area contributed by atoms with Gasteiger partial charge in [0.05, 0.1) is 23.7 Å². The monoisotopic (exact) mass is 477 g/mol. The van der Waals surface area contributed by atoms with E-state index in [4.69, 9.17) is 4.74 Å². The number of hydrogen-bond donors (Lipinski definition) is 2. The van der Waals surface area contributed by atoms with Gasteiger partial charge in [0.1, 0.15) is 11.6 Å². The van der Waals surface area contributed by atoms with Crippen LogP contribution in [-0.2, 0) is 14.8 Å². The van der Waals surface area contributed by atoms with Gasteiger partial charge in [0.25, 0.3) is 0 Å². The van der Waals surface area contributed by atoms with Crippen molar-refractivity contribution in [1.29, 1.82) is 0 Å². The highest BCUT2D eigenvalue weighted by Crippen LogP contribution is 2.31. The lowest BCUT2D eigenvalue weighted by Crippen LogP contribution is -2.41. The van der Waals surface area contributed by atoms with Gasteiger partial charge in [0, 0.05) is 26.1 Å². The Labute approximate surface area is 195 Å². The van der Waals surface area contributed by atoms with Gasteiger partial charge in [0.2, 0.25) is 15.9 Å². The van der Waals surface area contributed by atoms with Crippen molar-refractivity contribution in [3.05, 3.63) is 53.8 Å². The number of rotatable bonds is 8. The number of carbonyl (C=O) groups excluding carboxylic acids is 1. The van der Waals surface area contributed by atoms with Gasteiger partial charge in [-0.3, -0.25) is 4.79 Å². The number of sulfonamides is 1. The van der Waals surface area contributed by atoms with Gasteiger partial charge in [-0.15, -0.1) is 0 Å². The maximum atomic E-state index is 13.1. The molecule has 0 aliphatic heterocycles. The van der Waals surface area contributed by atoms with E-state index in [1.165, 1.54) is 18.2 Å². The molecule has 0 unspecified atom stereocenters. The topological polar surface area (TPSA) is 87.7 Å². The lowest BCUT2D eigenvalue weighted by atomic mass is 9.85. The minimum Gasteiger partial charge on any atom is -0.495 e. The largest absolute Gasteiger partial charge is 0.495 e. The third kappa shape index (κ3) is 6.23. The predicted octanol–water partition coefficient (Wildman–Crippen LogP) is 3.61. The molecule has 0 spiro atoms. The summed E-state index contributed by atoms with van der Waals surface area (Å²) < 4.78 is 47.1. The molecule has 0 radical (unpaired) electrons. The van der Waals surface area contributed by atoms with Crippen molar-refractivity contribution in [3.63, 3.8) is 0 Å². The minimum atomic E-state index is -3.70. The van der Waals surface area contributed by atoms with Crippen molar-refractivity contribution in [2.24, 2.45) is 5.92 Å². The highest BCUT2D eigenvalue weighted by Gasteiger charge is 2.30. The van der Waals surface area contributed by atoms with Gasteiger partial charge >= 0.3 is 0 Å². The van der Waals surface area contributed by atoms with E-state index in [0.717, 1.165) is 5.56 Å². The molecule has 1 saturated carbocycles. The van der Waals surface area contributed by atoms with Crippen LogP contribution in [0.3, 0.4) is 0 Å². The van der Waals surface area contributed by atoms with Crippen LogP contribution in [0.4, 0.5) is 10.1 Å². The number of hydrogen-bond acceptors (Lipinski definition) is 5. The summed E-state index contributed by atoms with van der Waals surface area (Å²) in [5.74, 6) is 0.0554. The van der Waals surface area contributed by atoms with E-state index in [1.54, 1.807) is 36.3 Å². The van der Waals surface area contributed by atoms with Crippen LogP contribution in [0.1, 0.15) is 44.2 Å². The maximum absolute atomic E-state index is 13.1. The van der Waals surface area contributed by atoms with Gasteiger partial charge in [-0.25, -0.2) is 17.5 Å². The molecule has 7 nitrogen and oxygen atoms in total. The third-order valence-electron chi connectivity index (χ3n) is 6.09. The SMILES string of the molecule is COc1ccc(S(=O)(=O)N[C@H]2CC[C@H](C(=O)N[C@H](C)c3ccc(F)cc3)CC2)cc1N(C)C. The Balaban J connectivity index is 1.56. The minimum absolute atomic E-state index is 0.0566. The van der Waals surface area contributed by atoms with Crippen LogP contribution in [0.5, 0.6) is 5.75 Å². The lowest BCUT2D eigenvalue weighted by Gasteiger charge is -2.29. The summed E-state index contributed by atoms with van der Waals surface area (Å²) in [5.41, 5.74) is 1.51. The van der Waals surface area contributed by atoms with Crippen molar-refractivity contribution >= 4 is 21.6 Å². The van der Waals surface area contributed by atoms with E-state index in [9.17, 15) is 17.6 Å². The molecule has 0 aromatic heterocycles. The number of amides is 1. The molecular formula is C24H32FN3O4S. The third-order valence-corrected chi connectivity index (χ3v) is 7.61. The first-order valence-electron chi connectivity index (χ1n) is 11.0. The lowest BCUT2D eigenvalue weighted by molar-refractivity contribution is -0.126. The zero-order chi connectivity index (χ0) is 24.2. The second-order valence-electron chi connectivity index (χ2n) is 8.68. The number of halogens is 1. The fraction of sp³-hybridized carbons (Fsp3) is 0.458. The maximum Gasteiger partial charge on any atom is 0.240 e. The van der Waals surface area contributed by atoms with Crippen molar-refractivity contribution in [3.8, 4) is 5.75 Å². The van der Waals surface area contributed by atoms with Crippen LogP contribution in [0.2, 0.25) is 0 Å². The van der Waals surface area contributed by atoms with Gasteiger partial charge in [-0.2, -0.15) is 0 Å². The van der Waals surface area contributed by atoms with Gasteiger partial charge in [0.15, 0.2) is 0 Å². The zero-order valence-electron chi connectivity index (χ0n) is 19.5. The summed E-state index contributed by atoms with van der Waals surface area (Å²) >= 11 is 0. The number of ether oxygens (including phenoxy) is 1. The molecule has 1 atom stereocenters. The van der Waals surface area contributed by atoms with E-state index in [1.807, 2.05) is 21.0 Å². The van der Waals surface area contributed by atoms with Crippen molar-refractivity contribution in [2.75, 3.05) is 26.1 Å². The summed E-state index contributed by atoms with van der Waals surface area (Å²) in [6.07, 6.45) is 2.36. The average Bonchev–Trinajstić information content (AvgIpc) is 2.79. The van der Waals surface area contributed by atoms with Crippen molar-refractivity contribution < 1.29 is 22.3 Å². The normalized spacial score (nSPS) is 19.5. The van der Waals surface area contributed by atoms with Crippen LogP contribution >= 0.6 is 0 Å². The summed E-state index contributed by atoms with van der Waals surface area (Å²) in [6.45, 7) is 1.86. The van der Waals surface area contributed by atoms with E-state index in [0.29, 0.717) is 37.1 Å². The molecule has 1 aliphatic carbocycles. The first kappa shape index (κ1) is 25.0. The van der Waals surface area contributed by atoms with Crippen LogP contribution in [0.15, 0.2) is 47.4 Å². The number of nitrogens with one attached hydrogen (secondary N) is 2. The smallest absolute Gasteiger partial charge is 0.240 e. The predicted molar refractivity (Wildman–Crippen MR) is 126 cm³/mol. The number of carbonyl (C=O) groups is 1. The van der Waals surface area contributed by atoms with E-state index in [2.05, 4.69) is 10.0 Å². The van der Waals surface area contributed by atoms with Crippen LogP contribution in [0, 0.1) is 11.7 Å². The molecule has 0 bridgehead atoms. The second kappa shape index (κ2) is 10.5. The number of nitrogens with zero attached hydrogens (tertiary/aromatic N) is 1. The molecule has 1 aliphatic rings. The second-order valence-corrected chi connectivity index (χ2v) is 10.4. The molecule has 33 heavy (non-hydrogen) atoms. The quantitative estimate of drug-likeness (QED) is 0.607. The Bertz CT molecular complexity index is 1070. The number of anilines is 1. The average molecular weight is 478 g/mol. The molecule has 9 heteroatoms. The Morgan fingerprint density at radius 1 is 1.09 bits per heavy atom. The van der Waals surface area contributed by atoms with Gasteiger partial charge in [-0.1, -0.05) is 12.1 Å². The van der Waals surface area contributed by atoms with Crippen molar-refractivity contribution in [2.45, 2.75) is 49.6 Å². The standard InChI is InChI=1S/C24H32FN3O4S/c1-16(17-5-9-19(25)10-6-17)26-24(29)18-7-11-20(12-8-18)27-33(30,31)21-13-14-23(32-4)22(15-21)28(2)3/h5-6,9-10,13-16,18,20,27H,7-8,11-12H2,1-4H3,(H,26,29)/t16-,18-,20-/m1/s1. The molecule has 0 heterocycles. The highest BCUT2D eigenvalue weighted by molar-refractivity contribution is 7.89. The fourth-order valence-corrected chi connectivity index (χ4v) is 5.44. The molecule has 0 saturated heterocycles. The molecule has 2 aromatic carbocycles. The zero-order valence-corrected chi connectivity index (χ0v) is 20.3. The summed E-state index contributed by atoms with van der Waals surface area (Å²) in [6, 6.07) is 10.4. The molecule has 2 N–H and O–H groups in total. The summed E-state index contributed by atoms with van der Waals surface area (Å²) in [4.78, 5) is 14.7. The molecular weight excluding hydrogens is 445 g/mol. The van der Waals surface area contributed by atoms with E-state index < -0.39 is 10.0 Å². The van der Waals surface area contributed by atoms with E-state index >= 15 is 0 Å². The Hall–Kier alpha value is -2.65. The van der Waals surface area contributed by atoms with Gasteiger partial charge < -0.3 is 15.0 Å². The summed E-state index contributed by atoms with van der Waals surface area (Å²) in [5, 5.41) is 2.99. The van der Waals surface area contributed by atoms with Crippen molar-refractivity contribution in [1.82, 2.24) is 10.0 Å². The van der Waals surface area contributed by atoms with E-state index in [-0.39, 0.29) is 34.6 Å². The van der Waals surface area contributed by atoms with Gasteiger partial charge in [-0.05, 0) is 68.5 Å². The Morgan fingerprint density at radius 2 is 1.73 bits per heavy atom. The molecule has 180 valence electrons. The molecule has 1 amide bonds. The fourth-order valence-electron chi connectivity index (χ4n) is 4.11.